The van der Waals surface area contributed by atoms with Gasteiger partial charge >= 0.3 is 0 Å². The molecule has 0 amide bonds. The molecule has 0 bridgehead atoms. The zero-order chi connectivity index (χ0) is 11.0. The average Bonchev–Trinajstić information content (AvgIpc) is 2.69. The zero-order valence-corrected chi connectivity index (χ0v) is 9.15. The van der Waals surface area contributed by atoms with Crippen molar-refractivity contribution in [1.82, 2.24) is 4.98 Å². The van der Waals surface area contributed by atoms with Crippen molar-refractivity contribution in [3.05, 3.63) is 29.6 Å². The zero-order valence-electron chi connectivity index (χ0n) is 9.15. The van der Waals surface area contributed by atoms with E-state index in [-0.39, 0.29) is 11.5 Å². The predicted octanol–water partition coefficient (Wildman–Crippen LogP) is 2.52. The molecule has 0 N–H and O–H groups in total. The Balaban J connectivity index is 1.99. The third-order valence-corrected chi connectivity index (χ3v) is 3.80. The largest absolute Gasteiger partial charge is 0.365 e. The predicted molar refractivity (Wildman–Crippen MR) is 58.3 cm³/mol. The highest BCUT2D eigenvalue weighted by Gasteiger charge is 2.43. The molecule has 1 aliphatic carbocycles. The number of hydrogen-bond donors (Lipinski definition) is 0. The van der Waals surface area contributed by atoms with Crippen LogP contribution >= 0.6 is 0 Å². The number of pyridine rings is 1. The molecule has 3 nitrogen and oxygen atoms in total. The van der Waals surface area contributed by atoms with Crippen molar-refractivity contribution < 1.29 is 4.74 Å². The summed E-state index contributed by atoms with van der Waals surface area (Å²) >= 11 is 0. The van der Waals surface area contributed by atoms with Gasteiger partial charge in [0.1, 0.15) is 0 Å². The minimum Gasteiger partial charge on any atom is -0.365 e. The fourth-order valence-electron chi connectivity index (χ4n) is 2.98. The fraction of sp³-hybridized carbons (Fsp3) is 0.538. The highest BCUT2D eigenvalue weighted by Crippen LogP contribution is 2.47. The lowest BCUT2D eigenvalue weighted by Crippen LogP contribution is -2.32. The quantitative estimate of drug-likeness (QED) is 0.666. The molecular formula is C13H14N2O. The summed E-state index contributed by atoms with van der Waals surface area (Å²) in [6.45, 7) is 0.677. The molecule has 2 heterocycles. The molecule has 1 aliphatic heterocycles. The van der Waals surface area contributed by atoms with Gasteiger partial charge in [0.15, 0.2) is 0 Å². The van der Waals surface area contributed by atoms with Crippen LogP contribution in [-0.2, 0) is 16.9 Å². The van der Waals surface area contributed by atoms with Crippen molar-refractivity contribution in [2.75, 3.05) is 0 Å². The summed E-state index contributed by atoms with van der Waals surface area (Å²) in [6.07, 6.45) is 7.68. The van der Waals surface area contributed by atoms with Gasteiger partial charge in [-0.15, -0.1) is 0 Å². The molecule has 16 heavy (non-hydrogen) atoms. The molecule has 1 spiro atoms. The van der Waals surface area contributed by atoms with Crippen molar-refractivity contribution in [3.8, 4) is 6.07 Å². The van der Waals surface area contributed by atoms with E-state index in [9.17, 15) is 0 Å². The molecule has 0 radical (unpaired) electrons. The SMILES string of the molecule is N#CC1CCCC2(C1)OCc1ccncc12. The first-order valence-electron chi connectivity index (χ1n) is 5.81. The number of hydrogen-bond acceptors (Lipinski definition) is 3. The number of nitrogens with zero attached hydrogens (tertiary/aromatic N) is 2. The lowest BCUT2D eigenvalue weighted by atomic mass is 9.75. The van der Waals surface area contributed by atoms with Crippen LogP contribution in [0.1, 0.15) is 36.8 Å². The molecule has 3 heteroatoms. The topological polar surface area (TPSA) is 45.9 Å². The van der Waals surface area contributed by atoms with Crippen LogP contribution in [0.5, 0.6) is 0 Å². The van der Waals surface area contributed by atoms with E-state index in [2.05, 4.69) is 11.1 Å². The highest BCUT2D eigenvalue weighted by atomic mass is 16.5. The lowest BCUT2D eigenvalue weighted by Gasteiger charge is -2.35. The molecule has 3 rings (SSSR count). The van der Waals surface area contributed by atoms with Gasteiger partial charge in [0.2, 0.25) is 0 Å². The van der Waals surface area contributed by atoms with Crippen molar-refractivity contribution >= 4 is 0 Å². The standard InChI is InChI=1S/C13H14N2O/c14-7-10-2-1-4-13(6-10)12-8-15-5-3-11(12)9-16-13/h3,5,8,10H,1-2,4,6,9H2. The minimum absolute atomic E-state index is 0.139. The van der Waals surface area contributed by atoms with Gasteiger partial charge in [0.05, 0.1) is 18.3 Å². The Bertz CT molecular complexity index is 447. The molecule has 0 aromatic carbocycles. The van der Waals surface area contributed by atoms with E-state index >= 15 is 0 Å². The van der Waals surface area contributed by atoms with Crippen LogP contribution in [0.15, 0.2) is 18.5 Å². The van der Waals surface area contributed by atoms with Crippen molar-refractivity contribution in [2.24, 2.45) is 5.92 Å². The Labute approximate surface area is 95.1 Å². The maximum atomic E-state index is 9.06. The first-order chi connectivity index (χ1) is 7.84. The van der Waals surface area contributed by atoms with Crippen LogP contribution in [0.4, 0.5) is 0 Å². The van der Waals surface area contributed by atoms with Crippen LogP contribution in [0, 0.1) is 17.2 Å². The summed E-state index contributed by atoms with van der Waals surface area (Å²) < 4.78 is 5.99. The Hall–Kier alpha value is -1.40. The van der Waals surface area contributed by atoms with Gasteiger partial charge in [-0.2, -0.15) is 5.26 Å². The van der Waals surface area contributed by atoms with E-state index in [4.69, 9.17) is 10.00 Å². The number of ether oxygens (including phenoxy) is 1. The second-order valence-electron chi connectivity index (χ2n) is 4.74. The van der Waals surface area contributed by atoms with E-state index in [1.807, 2.05) is 18.5 Å². The van der Waals surface area contributed by atoms with E-state index < -0.39 is 0 Å². The monoisotopic (exact) mass is 214 g/mol. The van der Waals surface area contributed by atoms with Crippen molar-refractivity contribution in [3.63, 3.8) is 0 Å². The Morgan fingerprint density at radius 2 is 2.50 bits per heavy atom. The maximum Gasteiger partial charge on any atom is 0.0966 e. The molecule has 2 aliphatic rings. The number of nitriles is 1. The summed E-state index contributed by atoms with van der Waals surface area (Å²) in [5.41, 5.74) is 2.26. The summed E-state index contributed by atoms with van der Waals surface area (Å²) in [4.78, 5) is 4.19. The molecule has 1 saturated carbocycles. The number of aromatic nitrogens is 1. The molecule has 2 unspecified atom stereocenters. The first kappa shape index (κ1) is 9.80. The maximum absolute atomic E-state index is 9.06. The molecule has 82 valence electrons. The fourth-order valence-corrected chi connectivity index (χ4v) is 2.98. The minimum atomic E-state index is -0.206. The Kier molecular flexibility index (Phi) is 2.19. The van der Waals surface area contributed by atoms with E-state index in [1.54, 1.807) is 0 Å². The molecular weight excluding hydrogens is 200 g/mol. The summed E-state index contributed by atoms with van der Waals surface area (Å²) in [5.74, 6) is 0.139. The van der Waals surface area contributed by atoms with E-state index in [0.29, 0.717) is 6.61 Å². The lowest BCUT2D eigenvalue weighted by molar-refractivity contribution is -0.0717. The molecule has 2 atom stereocenters. The molecule has 0 saturated heterocycles. The number of fused-ring (bicyclic) bond motifs is 2. The summed E-state index contributed by atoms with van der Waals surface area (Å²) in [5, 5.41) is 9.06. The van der Waals surface area contributed by atoms with Crippen LogP contribution in [0.25, 0.3) is 0 Å². The second kappa shape index (κ2) is 3.57. The Morgan fingerprint density at radius 1 is 1.56 bits per heavy atom. The van der Waals surface area contributed by atoms with Gasteiger partial charge in [-0.05, 0) is 37.3 Å². The summed E-state index contributed by atoms with van der Waals surface area (Å²) in [6, 6.07) is 4.41. The van der Waals surface area contributed by atoms with Gasteiger partial charge in [-0.3, -0.25) is 4.98 Å². The van der Waals surface area contributed by atoms with Gasteiger partial charge in [0, 0.05) is 23.9 Å². The highest BCUT2D eigenvalue weighted by molar-refractivity contribution is 5.33. The third kappa shape index (κ3) is 1.34. The van der Waals surface area contributed by atoms with Crippen molar-refractivity contribution in [1.29, 1.82) is 5.26 Å². The average molecular weight is 214 g/mol. The van der Waals surface area contributed by atoms with Crippen LogP contribution < -0.4 is 0 Å². The smallest absolute Gasteiger partial charge is 0.0966 e. The van der Waals surface area contributed by atoms with E-state index in [0.717, 1.165) is 25.7 Å². The molecule has 1 fully saturated rings. The normalized spacial score (nSPS) is 32.3. The van der Waals surface area contributed by atoms with E-state index in [1.165, 1.54) is 11.1 Å². The third-order valence-electron chi connectivity index (χ3n) is 3.80. The molecule has 1 aromatic heterocycles. The van der Waals surface area contributed by atoms with Crippen LogP contribution in [0.3, 0.4) is 0 Å². The Morgan fingerprint density at radius 3 is 3.38 bits per heavy atom. The van der Waals surface area contributed by atoms with Gasteiger partial charge in [-0.25, -0.2) is 0 Å². The van der Waals surface area contributed by atoms with Gasteiger partial charge in [0.25, 0.3) is 0 Å². The van der Waals surface area contributed by atoms with Gasteiger partial charge < -0.3 is 4.74 Å². The van der Waals surface area contributed by atoms with Crippen molar-refractivity contribution in [2.45, 2.75) is 37.9 Å². The summed E-state index contributed by atoms with van der Waals surface area (Å²) in [7, 11) is 0. The second-order valence-corrected chi connectivity index (χ2v) is 4.74. The van der Waals surface area contributed by atoms with Crippen LogP contribution in [-0.4, -0.2) is 4.98 Å². The number of rotatable bonds is 0. The van der Waals surface area contributed by atoms with Gasteiger partial charge in [-0.1, -0.05) is 0 Å². The molecule has 1 aromatic rings. The first-order valence-corrected chi connectivity index (χ1v) is 5.81. The van der Waals surface area contributed by atoms with Crippen LogP contribution in [0.2, 0.25) is 0 Å².